The van der Waals surface area contributed by atoms with Crippen molar-refractivity contribution in [2.24, 2.45) is 0 Å². The molecule has 0 aliphatic heterocycles. The van der Waals surface area contributed by atoms with Crippen molar-refractivity contribution in [2.45, 2.75) is 51.6 Å². The molecule has 8 nitrogen and oxygen atoms in total. The van der Waals surface area contributed by atoms with Gasteiger partial charge >= 0.3 is 11.7 Å². The number of aryl methyl sites for hydroxylation is 2. The predicted molar refractivity (Wildman–Crippen MR) is 71.7 cm³/mol. The average molecular weight is 282 g/mol. The lowest BCUT2D eigenvalue weighted by molar-refractivity contribution is -0.384. The molecule has 1 aliphatic rings. The fourth-order valence-corrected chi connectivity index (χ4v) is 2.44. The van der Waals surface area contributed by atoms with Gasteiger partial charge in [-0.15, -0.1) is 0 Å². The Labute approximate surface area is 115 Å². The Hall–Kier alpha value is -2.12. The fourth-order valence-electron chi connectivity index (χ4n) is 2.44. The molecule has 1 aromatic heterocycles. The van der Waals surface area contributed by atoms with Crippen LogP contribution in [0.1, 0.15) is 38.3 Å². The summed E-state index contributed by atoms with van der Waals surface area (Å²) in [6, 6.07) is 0. The summed E-state index contributed by atoms with van der Waals surface area (Å²) in [5.74, 6) is -0.767. The van der Waals surface area contributed by atoms with Crippen molar-refractivity contribution in [3.05, 3.63) is 15.8 Å². The number of carbonyl (C=O) groups is 1. The smallest absolute Gasteiger partial charge is 0.333 e. The van der Waals surface area contributed by atoms with Gasteiger partial charge in [-0.1, -0.05) is 6.92 Å². The quantitative estimate of drug-likeness (QED) is 0.609. The molecule has 2 N–H and O–H groups in total. The van der Waals surface area contributed by atoms with Gasteiger partial charge in [0, 0.05) is 6.54 Å². The van der Waals surface area contributed by atoms with E-state index < -0.39 is 16.4 Å². The number of nitrogens with one attached hydrogen (secondary N) is 1. The minimum absolute atomic E-state index is 0.133. The largest absolute Gasteiger partial charge is 0.480 e. The molecule has 1 aromatic rings. The first-order valence-corrected chi connectivity index (χ1v) is 6.64. The molecule has 1 heterocycles. The van der Waals surface area contributed by atoms with E-state index in [4.69, 9.17) is 0 Å². The van der Waals surface area contributed by atoms with Crippen molar-refractivity contribution in [3.8, 4) is 0 Å². The summed E-state index contributed by atoms with van der Waals surface area (Å²) in [7, 11) is 0. The van der Waals surface area contributed by atoms with Gasteiger partial charge in [-0.25, -0.2) is 9.48 Å². The van der Waals surface area contributed by atoms with Crippen molar-refractivity contribution in [3.63, 3.8) is 0 Å². The molecule has 1 aliphatic carbocycles. The molecular formula is C12H18N4O4. The molecule has 0 radical (unpaired) electrons. The van der Waals surface area contributed by atoms with Crippen LogP contribution in [0.4, 0.5) is 11.5 Å². The van der Waals surface area contributed by atoms with E-state index in [2.05, 4.69) is 10.4 Å². The summed E-state index contributed by atoms with van der Waals surface area (Å²) in [5.41, 5.74) is -0.931. The Balaban J connectivity index is 2.43. The van der Waals surface area contributed by atoms with Crippen LogP contribution in [0.25, 0.3) is 0 Å². The Kier molecular flexibility index (Phi) is 3.65. The molecule has 2 rings (SSSR count). The van der Waals surface area contributed by atoms with Crippen molar-refractivity contribution in [2.75, 3.05) is 5.32 Å². The van der Waals surface area contributed by atoms with Gasteiger partial charge in [0.15, 0.2) is 0 Å². The molecule has 0 amide bonds. The topological polar surface area (TPSA) is 110 Å². The van der Waals surface area contributed by atoms with Crippen LogP contribution >= 0.6 is 0 Å². The third kappa shape index (κ3) is 2.21. The Morgan fingerprint density at radius 2 is 2.25 bits per heavy atom. The lowest BCUT2D eigenvalue weighted by atomic mass is 9.77. The number of carboxylic acids is 1. The highest BCUT2D eigenvalue weighted by Crippen LogP contribution is 2.39. The Morgan fingerprint density at radius 1 is 1.60 bits per heavy atom. The first kappa shape index (κ1) is 14.3. The number of hydrogen-bond acceptors (Lipinski definition) is 5. The first-order chi connectivity index (χ1) is 9.41. The minimum Gasteiger partial charge on any atom is -0.480 e. The first-order valence-electron chi connectivity index (χ1n) is 6.64. The number of anilines is 1. The lowest BCUT2D eigenvalue weighted by Gasteiger charge is -2.38. The van der Waals surface area contributed by atoms with Gasteiger partial charge in [-0.3, -0.25) is 10.1 Å². The molecule has 0 spiro atoms. The number of nitrogens with zero attached hydrogens (tertiary/aromatic N) is 3. The van der Waals surface area contributed by atoms with Crippen LogP contribution in [0.5, 0.6) is 0 Å². The zero-order valence-electron chi connectivity index (χ0n) is 11.5. The minimum atomic E-state index is -1.09. The van der Waals surface area contributed by atoms with Gasteiger partial charge < -0.3 is 10.4 Å². The van der Waals surface area contributed by atoms with E-state index in [-0.39, 0.29) is 11.5 Å². The lowest BCUT2D eigenvalue weighted by Crippen LogP contribution is -2.52. The van der Waals surface area contributed by atoms with E-state index in [1.165, 1.54) is 4.68 Å². The van der Waals surface area contributed by atoms with Gasteiger partial charge in [0.05, 0.1) is 4.92 Å². The molecule has 0 unspecified atom stereocenters. The average Bonchev–Trinajstić information content (AvgIpc) is 2.59. The molecule has 0 saturated heterocycles. The van der Waals surface area contributed by atoms with Crippen molar-refractivity contribution < 1.29 is 14.8 Å². The van der Waals surface area contributed by atoms with E-state index in [0.29, 0.717) is 25.1 Å². The van der Waals surface area contributed by atoms with Crippen molar-refractivity contribution in [1.82, 2.24) is 9.78 Å². The number of hydrogen-bond donors (Lipinski definition) is 2. The van der Waals surface area contributed by atoms with Crippen LogP contribution in [-0.4, -0.2) is 31.3 Å². The number of carboxylic acid groups (broad SMARTS) is 1. The zero-order chi connectivity index (χ0) is 14.9. The molecule has 8 heteroatoms. The fraction of sp³-hybridized carbons (Fsp3) is 0.667. The zero-order valence-corrected chi connectivity index (χ0v) is 11.5. The van der Waals surface area contributed by atoms with Crippen LogP contribution in [0, 0.1) is 17.0 Å². The Morgan fingerprint density at radius 3 is 2.65 bits per heavy atom. The van der Waals surface area contributed by atoms with Crippen LogP contribution in [0.2, 0.25) is 0 Å². The van der Waals surface area contributed by atoms with Gasteiger partial charge in [-0.2, -0.15) is 5.10 Å². The van der Waals surface area contributed by atoms with Gasteiger partial charge in [0.2, 0.25) is 5.82 Å². The van der Waals surface area contributed by atoms with Crippen molar-refractivity contribution in [1.29, 1.82) is 0 Å². The van der Waals surface area contributed by atoms with E-state index in [0.717, 1.165) is 12.8 Å². The third-order valence-electron chi connectivity index (χ3n) is 3.69. The molecule has 0 aromatic carbocycles. The molecule has 110 valence electrons. The molecule has 1 saturated carbocycles. The number of rotatable bonds is 6. The van der Waals surface area contributed by atoms with Crippen molar-refractivity contribution >= 4 is 17.5 Å². The van der Waals surface area contributed by atoms with Gasteiger partial charge in [-0.05, 0) is 32.6 Å². The second kappa shape index (κ2) is 5.10. The second-order valence-corrected chi connectivity index (χ2v) is 5.13. The third-order valence-corrected chi connectivity index (χ3v) is 3.69. The summed E-state index contributed by atoms with van der Waals surface area (Å²) in [5, 5.41) is 27.5. The van der Waals surface area contributed by atoms with Crippen LogP contribution in [-0.2, 0) is 11.3 Å². The van der Waals surface area contributed by atoms with E-state index >= 15 is 0 Å². The molecule has 20 heavy (non-hydrogen) atoms. The second-order valence-electron chi connectivity index (χ2n) is 5.13. The number of aromatic nitrogens is 2. The number of nitro groups is 1. The summed E-state index contributed by atoms with van der Waals surface area (Å²) in [6.45, 7) is 4.00. The maximum absolute atomic E-state index is 11.4. The highest BCUT2D eigenvalue weighted by molar-refractivity contribution is 5.84. The van der Waals surface area contributed by atoms with Gasteiger partial charge in [0.1, 0.15) is 11.2 Å². The molecule has 1 fully saturated rings. The summed E-state index contributed by atoms with van der Waals surface area (Å²) >= 11 is 0. The predicted octanol–water partition coefficient (Wildman–Crippen LogP) is 1.93. The highest BCUT2D eigenvalue weighted by Gasteiger charge is 2.46. The maximum Gasteiger partial charge on any atom is 0.333 e. The highest BCUT2D eigenvalue weighted by atomic mass is 16.6. The standard InChI is InChI=1S/C12H18N4O4/c1-3-7-15-10(9(16(19)20)8(2)14-15)13-12(11(17)18)5-4-6-12/h13H,3-7H2,1-2H3,(H,17,18). The Bertz CT molecular complexity index is 548. The van der Waals surface area contributed by atoms with E-state index in [9.17, 15) is 20.0 Å². The maximum atomic E-state index is 11.4. The van der Waals surface area contributed by atoms with E-state index in [1.807, 2.05) is 6.92 Å². The monoisotopic (exact) mass is 282 g/mol. The molecule has 0 bridgehead atoms. The van der Waals surface area contributed by atoms with Crippen LogP contribution in [0.15, 0.2) is 0 Å². The normalized spacial score (nSPS) is 16.5. The summed E-state index contributed by atoms with van der Waals surface area (Å²) in [4.78, 5) is 22.1. The SMILES string of the molecule is CCCn1nc(C)c([N+](=O)[O-])c1NC1(C(=O)O)CCC1. The van der Waals surface area contributed by atoms with E-state index in [1.54, 1.807) is 6.92 Å². The molecule has 0 atom stereocenters. The van der Waals surface area contributed by atoms with Crippen LogP contribution in [0.3, 0.4) is 0 Å². The van der Waals surface area contributed by atoms with Crippen LogP contribution < -0.4 is 5.32 Å². The molecular weight excluding hydrogens is 264 g/mol. The summed E-state index contributed by atoms with van der Waals surface area (Å²) in [6.07, 6.45) is 2.49. The number of aliphatic carboxylic acids is 1. The van der Waals surface area contributed by atoms with Gasteiger partial charge in [0.25, 0.3) is 0 Å². The summed E-state index contributed by atoms with van der Waals surface area (Å²) < 4.78 is 1.50.